The van der Waals surface area contributed by atoms with E-state index < -0.39 is 32.0 Å². The van der Waals surface area contributed by atoms with E-state index >= 15 is 0 Å². The summed E-state index contributed by atoms with van der Waals surface area (Å²) >= 11 is 0. The third kappa shape index (κ3) is 3.82. The number of hydrogen-bond donors (Lipinski definition) is 1. The number of rotatable bonds is 5. The normalized spacial score (nSPS) is 17.7. The molecule has 1 atom stereocenters. The molecule has 1 N–H and O–H groups in total. The van der Waals surface area contributed by atoms with E-state index in [2.05, 4.69) is 4.72 Å². The van der Waals surface area contributed by atoms with Gasteiger partial charge >= 0.3 is 0 Å². The fourth-order valence-electron chi connectivity index (χ4n) is 3.44. The molecule has 3 rings (SSSR count). The summed E-state index contributed by atoms with van der Waals surface area (Å²) in [5, 5.41) is 0. The Labute approximate surface area is 165 Å². The smallest absolute Gasteiger partial charge is 0.242 e. The van der Waals surface area contributed by atoms with Gasteiger partial charge in [0, 0.05) is 12.5 Å². The number of benzene rings is 2. The first-order valence-electron chi connectivity index (χ1n) is 8.77. The van der Waals surface area contributed by atoms with Gasteiger partial charge in [0.15, 0.2) is 0 Å². The molecule has 0 bridgehead atoms. The van der Waals surface area contributed by atoms with Gasteiger partial charge in [0.2, 0.25) is 26.0 Å². The van der Waals surface area contributed by atoms with Crippen LogP contribution in [0.3, 0.4) is 0 Å². The van der Waals surface area contributed by atoms with Crippen LogP contribution in [0.5, 0.6) is 0 Å². The zero-order valence-corrected chi connectivity index (χ0v) is 17.5. The molecule has 0 spiro atoms. The summed E-state index contributed by atoms with van der Waals surface area (Å²) in [4.78, 5) is 12.1. The highest BCUT2D eigenvalue weighted by molar-refractivity contribution is 7.94. The second-order valence-corrected chi connectivity index (χ2v) is 10.5. The molecule has 0 unspecified atom stereocenters. The zero-order chi connectivity index (χ0) is 20.7. The molecule has 2 aromatic carbocycles. The van der Waals surface area contributed by atoms with Gasteiger partial charge in [-0.1, -0.05) is 30.3 Å². The van der Waals surface area contributed by atoms with Crippen LogP contribution >= 0.6 is 0 Å². The molecular weight excluding hydrogens is 400 g/mol. The van der Waals surface area contributed by atoms with E-state index in [1.165, 1.54) is 12.1 Å². The van der Waals surface area contributed by atoms with E-state index in [9.17, 15) is 21.6 Å². The number of nitrogens with zero attached hydrogens (tertiary/aromatic N) is 1. The van der Waals surface area contributed by atoms with Crippen LogP contribution in [0.1, 0.15) is 36.1 Å². The van der Waals surface area contributed by atoms with Gasteiger partial charge < -0.3 is 0 Å². The van der Waals surface area contributed by atoms with Crippen LogP contribution in [-0.4, -0.2) is 28.5 Å². The van der Waals surface area contributed by atoms with Gasteiger partial charge in [-0.2, -0.15) is 0 Å². The molecule has 1 amide bonds. The molecule has 0 saturated carbocycles. The predicted molar refractivity (Wildman–Crippen MR) is 107 cm³/mol. The van der Waals surface area contributed by atoms with Gasteiger partial charge in [0.1, 0.15) is 0 Å². The zero-order valence-electron chi connectivity index (χ0n) is 15.8. The van der Waals surface area contributed by atoms with E-state index in [-0.39, 0.29) is 22.8 Å². The summed E-state index contributed by atoms with van der Waals surface area (Å²) in [7, 11) is -7.56. The van der Waals surface area contributed by atoms with Crippen molar-refractivity contribution in [3.05, 3.63) is 59.2 Å². The Morgan fingerprint density at radius 1 is 1.07 bits per heavy atom. The number of carbonyl (C=O) groups excluding carboxylic acids is 1. The second-order valence-electron chi connectivity index (χ2n) is 6.89. The Morgan fingerprint density at radius 2 is 1.64 bits per heavy atom. The summed E-state index contributed by atoms with van der Waals surface area (Å²) in [6, 6.07) is 11.6. The van der Waals surface area contributed by atoms with Crippen molar-refractivity contribution in [2.45, 2.75) is 38.1 Å². The molecule has 7 nitrogen and oxygen atoms in total. The summed E-state index contributed by atoms with van der Waals surface area (Å²) in [6.07, 6.45) is -0.0728. The van der Waals surface area contributed by atoms with Gasteiger partial charge in [0.05, 0.1) is 16.3 Å². The molecule has 2 aromatic rings. The van der Waals surface area contributed by atoms with Gasteiger partial charge in [-0.05, 0) is 49.6 Å². The number of sulfonamides is 2. The molecule has 28 heavy (non-hydrogen) atoms. The fraction of sp³-hybridized carbons (Fsp3) is 0.316. The van der Waals surface area contributed by atoms with Gasteiger partial charge in [-0.3, -0.25) is 4.79 Å². The lowest BCUT2D eigenvalue weighted by molar-refractivity contribution is -0.116. The molecule has 0 aliphatic carbocycles. The third-order valence-electron chi connectivity index (χ3n) is 4.66. The van der Waals surface area contributed by atoms with E-state index in [1.54, 1.807) is 20.8 Å². The highest BCUT2D eigenvalue weighted by atomic mass is 32.2. The van der Waals surface area contributed by atoms with Crippen LogP contribution < -0.4 is 9.03 Å². The lowest BCUT2D eigenvalue weighted by Crippen LogP contribution is -2.30. The van der Waals surface area contributed by atoms with Crippen molar-refractivity contribution in [1.29, 1.82) is 0 Å². The first-order chi connectivity index (χ1) is 13.0. The van der Waals surface area contributed by atoms with Gasteiger partial charge in [-0.15, -0.1) is 0 Å². The van der Waals surface area contributed by atoms with E-state index in [1.807, 2.05) is 30.3 Å². The van der Waals surface area contributed by atoms with E-state index in [0.717, 1.165) is 9.87 Å². The summed E-state index contributed by atoms with van der Waals surface area (Å²) < 4.78 is 53.7. The van der Waals surface area contributed by atoms with Crippen LogP contribution in [0.2, 0.25) is 0 Å². The quantitative estimate of drug-likeness (QED) is 0.797. The van der Waals surface area contributed by atoms with Crippen molar-refractivity contribution >= 4 is 31.6 Å². The molecule has 1 heterocycles. The standard InChI is InChI=1S/C19H22N2O5S2/c1-13-11-17(21-18(22)9-10-27(21,23)24)12-14(2)19(13)28(25,26)20-15(3)16-7-5-4-6-8-16/h4-8,11-12,15,20H,9-10H2,1-3H3/t15-/m0/s1. The van der Waals surface area contributed by atoms with Crippen LogP contribution in [0.4, 0.5) is 5.69 Å². The van der Waals surface area contributed by atoms with E-state index in [0.29, 0.717) is 11.1 Å². The van der Waals surface area contributed by atoms with Gasteiger partial charge in [-0.25, -0.2) is 25.9 Å². The molecule has 0 aromatic heterocycles. The maximum atomic E-state index is 13.0. The molecule has 0 radical (unpaired) electrons. The van der Waals surface area contributed by atoms with Crippen LogP contribution in [0.15, 0.2) is 47.4 Å². The average Bonchev–Trinajstić information content (AvgIpc) is 2.87. The van der Waals surface area contributed by atoms with E-state index in [4.69, 9.17) is 0 Å². The first-order valence-corrected chi connectivity index (χ1v) is 11.9. The molecule has 1 aliphatic rings. The summed E-state index contributed by atoms with van der Waals surface area (Å²) in [5.74, 6) is -0.745. The first kappa shape index (κ1) is 20.5. The highest BCUT2D eigenvalue weighted by Gasteiger charge is 2.37. The van der Waals surface area contributed by atoms with Crippen LogP contribution in [0.25, 0.3) is 0 Å². The summed E-state index contributed by atoms with van der Waals surface area (Å²) in [6.45, 7) is 4.93. The Morgan fingerprint density at radius 3 is 2.14 bits per heavy atom. The van der Waals surface area contributed by atoms with Crippen molar-refractivity contribution in [1.82, 2.24) is 4.72 Å². The van der Waals surface area contributed by atoms with Crippen molar-refractivity contribution in [2.24, 2.45) is 0 Å². The maximum Gasteiger partial charge on any atom is 0.242 e. The second kappa shape index (κ2) is 7.31. The fourth-order valence-corrected chi connectivity index (χ4v) is 6.57. The lowest BCUT2D eigenvalue weighted by atomic mass is 10.1. The Balaban J connectivity index is 1.98. The van der Waals surface area contributed by atoms with Crippen LogP contribution in [-0.2, 0) is 24.8 Å². The summed E-state index contributed by atoms with van der Waals surface area (Å²) in [5.41, 5.74) is 1.75. The topological polar surface area (TPSA) is 101 Å². The van der Waals surface area contributed by atoms with Crippen molar-refractivity contribution < 1.29 is 21.6 Å². The number of carbonyl (C=O) groups is 1. The monoisotopic (exact) mass is 422 g/mol. The van der Waals surface area contributed by atoms with Crippen LogP contribution in [0, 0.1) is 13.8 Å². The lowest BCUT2D eigenvalue weighted by Gasteiger charge is -2.20. The molecule has 9 heteroatoms. The number of aryl methyl sites for hydroxylation is 2. The van der Waals surface area contributed by atoms with Crippen molar-refractivity contribution in [2.75, 3.05) is 10.1 Å². The number of amides is 1. The third-order valence-corrected chi connectivity index (χ3v) is 8.19. The number of nitrogens with one attached hydrogen (secondary N) is 1. The number of hydrogen-bond acceptors (Lipinski definition) is 5. The van der Waals surface area contributed by atoms with Crippen molar-refractivity contribution in [3.8, 4) is 0 Å². The van der Waals surface area contributed by atoms with Gasteiger partial charge in [0.25, 0.3) is 0 Å². The largest absolute Gasteiger partial charge is 0.273 e. The predicted octanol–water partition coefficient (Wildman–Crippen LogP) is 2.41. The molecule has 1 saturated heterocycles. The SMILES string of the molecule is Cc1cc(N2C(=O)CCS2(=O)=O)cc(C)c1S(=O)(=O)N[C@@H](C)c1ccccc1. The number of anilines is 1. The molecular formula is C19H22N2O5S2. The minimum Gasteiger partial charge on any atom is -0.273 e. The molecule has 1 fully saturated rings. The highest BCUT2D eigenvalue weighted by Crippen LogP contribution is 2.31. The molecule has 150 valence electrons. The van der Waals surface area contributed by atoms with Crippen molar-refractivity contribution in [3.63, 3.8) is 0 Å². The Kier molecular flexibility index (Phi) is 5.35. The minimum atomic E-state index is -3.85. The maximum absolute atomic E-state index is 13.0. The average molecular weight is 423 g/mol. The minimum absolute atomic E-state index is 0.0728. The Bertz CT molecular complexity index is 1100. The Hall–Kier alpha value is -2.23. The molecule has 1 aliphatic heterocycles.